The zero-order chi connectivity index (χ0) is 28.5. The maximum absolute atomic E-state index is 12.5. The Kier molecular flexibility index (Phi) is 9.19. The van der Waals surface area contributed by atoms with Crippen LogP contribution in [0.5, 0.6) is 0 Å². The second-order valence-electron chi connectivity index (χ2n) is 13.4. The number of rotatable bonds is 9. The van der Waals surface area contributed by atoms with E-state index in [4.69, 9.17) is 18.9 Å². The van der Waals surface area contributed by atoms with Gasteiger partial charge in [-0.05, 0) is 86.4 Å². The molecular weight excluding hydrogens is 496 g/mol. The smallest absolute Gasteiger partial charge is 0.305 e. The van der Waals surface area contributed by atoms with E-state index in [1.807, 2.05) is 0 Å². The summed E-state index contributed by atoms with van der Waals surface area (Å²) in [7, 11) is 1.43. The minimum Gasteiger partial charge on any atom is -0.469 e. The summed E-state index contributed by atoms with van der Waals surface area (Å²) in [4.78, 5) is 36.8. The second-order valence-corrected chi connectivity index (χ2v) is 13.4. The molecule has 7 heteroatoms. The van der Waals surface area contributed by atoms with Crippen LogP contribution < -0.4 is 0 Å². The standard InChI is InChI=1S/C32H50O7/c1-8-15-37-23-13-14-31(5)22(16-23)17-27(38-20(3)33)30-25-11-10-24(19(2)9-12-29(35)36-7)32(25,6)28(18-26(30)31)39-21(4)34/h8,19,22-28,30H,1,9-18H2,2-7H3/t19-,22+,23-,24-,25+,26+,27-,28+,30+,31+,32-/m1/s1. The zero-order valence-electron chi connectivity index (χ0n) is 24.9. The molecule has 4 aliphatic carbocycles. The predicted molar refractivity (Wildman–Crippen MR) is 147 cm³/mol. The zero-order valence-corrected chi connectivity index (χ0v) is 24.9. The molecule has 0 amide bonds. The van der Waals surface area contributed by atoms with E-state index >= 15 is 0 Å². The van der Waals surface area contributed by atoms with Crippen LogP contribution in [0.2, 0.25) is 0 Å². The lowest BCUT2D eigenvalue weighted by molar-refractivity contribution is -0.224. The molecule has 0 spiro atoms. The van der Waals surface area contributed by atoms with Gasteiger partial charge in [0.15, 0.2) is 0 Å². The third-order valence-corrected chi connectivity index (χ3v) is 11.5. The van der Waals surface area contributed by atoms with E-state index in [-0.39, 0.29) is 64.8 Å². The van der Waals surface area contributed by atoms with Crippen LogP contribution in [-0.4, -0.2) is 49.9 Å². The Labute approximate surface area is 234 Å². The van der Waals surface area contributed by atoms with Crippen LogP contribution in [0.15, 0.2) is 12.7 Å². The van der Waals surface area contributed by atoms with Gasteiger partial charge in [-0.2, -0.15) is 0 Å². The molecule has 4 aliphatic rings. The first kappa shape index (κ1) is 30.1. The van der Waals surface area contributed by atoms with Crippen molar-refractivity contribution in [3.05, 3.63) is 12.7 Å². The summed E-state index contributed by atoms with van der Waals surface area (Å²) < 4.78 is 23.4. The van der Waals surface area contributed by atoms with Crippen LogP contribution in [-0.2, 0) is 33.3 Å². The van der Waals surface area contributed by atoms with Crippen molar-refractivity contribution in [3.63, 3.8) is 0 Å². The molecule has 39 heavy (non-hydrogen) atoms. The van der Waals surface area contributed by atoms with Gasteiger partial charge in [-0.3, -0.25) is 14.4 Å². The Morgan fingerprint density at radius 2 is 1.72 bits per heavy atom. The molecule has 7 nitrogen and oxygen atoms in total. The van der Waals surface area contributed by atoms with Gasteiger partial charge in [0.25, 0.3) is 0 Å². The van der Waals surface area contributed by atoms with Gasteiger partial charge in [0.2, 0.25) is 0 Å². The minimum atomic E-state index is -0.242. The van der Waals surface area contributed by atoms with Crippen molar-refractivity contribution in [2.75, 3.05) is 13.7 Å². The fraction of sp³-hybridized carbons (Fsp3) is 0.844. The summed E-state index contributed by atoms with van der Waals surface area (Å²) in [5.74, 6) is 1.14. The van der Waals surface area contributed by atoms with Gasteiger partial charge in [0.05, 0.1) is 19.8 Å². The molecule has 0 unspecified atom stereocenters. The average molecular weight is 547 g/mol. The van der Waals surface area contributed by atoms with Gasteiger partial charge < -0.3 is 18.9 Å². The third-order valence-electron chi connectivity index (χ3n) is 11.5. The van der Waals surface area contributed by atoms with E-state index in [0.29, 0.717) is 30.8 Å². The molecule has 0 heterocycles. The maximum atomic E-state index is 12.5. The van der Waals surface area contributed by atoms with Crippen molar-refractivity contribution in [1.82, 2.24) is 0 Å². The fourth-order valence-corrected chi connectivity index (χ4v) is 9.78. The Morgan fingerprint density at radius 1 is 1.00 bits per heavy atom. The van der Waals surface area contributed by atoms with Crippen LogP contribution in [0.25, 0.3) is 0 Å². The van der Waals surface area contributed by atoms with E-state index < -0.39 is 0 Å². The first-order valence-electron chi connectivity index (χ1n) is 15.1. The van der Waals surface area contributed by atoms with Crippen LogP contribution in [0.1, 0.15) is 92.4 Å². The lowest BCUT2D eigenvalue weighted by atomic mass is 9.43. The molecule has 0 saturated heterocycles. The van der Waals surface area contributed by atoms with Crippen LogP contribution in [0.4, 0.5) is 0 Å². The normalized spacial score (nSPS) is 41.8. The lowest BCUT2D eigenvalue weighted by Gasteiger charge is -2.64. The average Bonchev–Trinajstić information content (AvgIpc) is 3.24. The first-order valence-corrected chi connectivity index (χ1v) is 15.1. The highest BCUT2D eigenvalue weighted by molar-refractivity contribution is 5.69. The molecule has 11 atom stereocenters. The molecule has 0 aromatic heterocycles. The number of carbonyl (C=O) groups is 3. The summed E-state index contributed by atoms with van der Waals surface area (Å²) in [6, 6.07) is 0. The van der Waals surface area contributed by atoms with Gasteiger partial charge in [0.1, 0.15) is 12.2 Å². The number of ether oxygens (including phenoxy) is 4. The van der Waals surface area contributed by atoms with E-state index in [2.05, 4.69) is 27.4 Å². The summed E-state index contributed by atoms with van der Waals surface area (Å²) >= 11 is 0. The van der Waals surface area contributed by atoms with Crippen molar-refractivity contribution in [1.29, 1.82) is 0 Å². The largest absolute Gasteiger partial charge is 0.469 e. The SMILES string of the molecule is C=CCO[C@@H]1CC[C@@]2(C)[C@@H](C1)C[C@@H](OC(C)=O)[C@@H]1[C@@H]2C[C@H](OC(C)=O)[C@]2(C)[C@@H]([C@H](C)CCC(=O)OC)CC[C@@H]12. The quantitative estimate of drug-likeness (QED) is 0.202. The van der Waals surface area contributed by atoms with Gasteiger partial charge in [-0.15, -0.1) is 6.58 Å². The molecule has 0 aromatic carbocycles. The molecule has 4 rings (SSSR count). The third kappa shape index (κ3) is 5.67. The van der Waals surface area contributed by atoms with Crippen molar-refractivity contribution in [3.8, 4) is 0 Å². The van der Waals surface area contributed by atoms with Crippen LogP contribution in [0, 0.1) is 46.3 Å². The molecule has 0 N–H and O–H groups in total. The first-order chi connectivity index (χ1) is 18.4. The van der Waals surface area contributed by atoms with Gasteiger partial charge in [0, 0.05) is 31.6 Å². The van der Waals surface area contributed by atoms with Gasteiger partial charge >= 0.3 is 17.9 Å². The molecule has 0 aliphatic heterocycles. The lowest BCUT2D eigenvalue weighted by Crippen LogP contribution is -2.63. The number of hydrogen-bond donors (Lipinski definition) is 0. The van der Waals surface area contributed by atoms with Crippen molar-refractivity contribution in [2.24, 2.45) is 46.3 Å². The maximum Gasteiger partial charge on any atom is 0.305 e. The van der Waals surface area contributed by atoms with Crippen LogP contribution >= 0.6 is 0 Å². The molecule has 0 radical (unpaired) electrons. The van der Waals surface area contributed by atoms with Crippen molar-refractivity contribution >= 4 is 17.9 Å². The molecule has 220 valence electrons. The Morgan fingerprint density at radius 3 is 2.36 bits per heavy atom. The summed E-state index contributed by atoms with van der Waals surface area (Å²) in [6.07, 6.45) is 9.52. The van der Waals surface area contributed by atoms with E-state index in [1.165, 1.54) is 21.0 Å². The molecule has 4 fully saturated rings. The highest BCUT2D eigenvalue weighted by atomic mass is 16.5. The summed E-state index contributed by atoms with van der Waals surface area (Å²) in [6.45, 7) is 14.4. The number of carbonyl (C=O) groups excluding carboxylic acids is 3. The molecule has 0 bridgehead atoms. The second kappa shape index (κ2) is 11.9. The van der Waals surface area contributed by atoms with Crippen molar-refractivity contribution < 1.29 is 33.3 Å². The Balaban J connectivity index is 1.68. The number of fused-ring (bicyclic) bond motifs is 5. The van der Waals surface area contributed by atoms with Gasteiger partial charge in [-0.1, -0.05) is 26.8 Å². The van der Waals surface area contributed by atoms with Crippen LogP contribution in [0.3, 0.4) is 0 Å². The predicted octanol–water partition coefficient (Wildman–Crippen LogP) is 5.89. The van der Waals surface area contributed by atoms with E-state index in [0.717, 1.165) is 51.4 Å². The van der Waals surface area contributed by atoms with Gasteiger partial charge in [-0.25, -0.2) is 0 Å². The molecular formula is C32H50O7. The summed E-state index contributed by atoms with van der Waals surface area (Å²) in [5, 5.41) is 0. The monoisotopic (exact) mass is 546 g/mol. The summed E-state index contributed by atoms with van der Waals surface area (Å²) in [5.41, 5.74) is -0.169. The van der Waals surface area contributed by atoms with E-state index in [1.54, 1.807) is 6.08 Å². The Hall–Kier alpha value is -1.89. The highest BCUT2D eigenvalue weighted by Crippen LogP contribution is 2.69. The molecule has 4 saturated carbocycles. The van der Waals surface area contributed by atoms with Crippen molar-refractivity contribution in [2.45, 2.75) is 111 Å². The Bertz CT molecular complexity index is 931. The molecule has 0 aromatic rings. The number of methoxy groups -OCH3 is 1. The number of hydrogen-bond acceptors (Lipinski definition) is 7. The minimum absolute atomic E-state index is 0.0731. The topological polar surface area (TPSA) is 88.1 Å². The van der Waals surface area contributed by atoms with E-state index in [9.17, 15) is 14.4 Å². The highest BCUT2D eigenvalue weighted by Gasteiger charge is 2.67. The number of esters is 3. The fourth-order valence-electron chi connectivity index (χ4n) is 9.78.